The van der Waals surface area contributed by atoms with Gasteiger partial charge in [0.25, 0.3) is 12.1 Å². The second kappa shape index (κ2) is 6.05. The minimum atomic E-state index is -4.24. The van der Waals surface area contributed by atoms with Crippen molar-refractivity contribution in [1.82, 2.24) is 4.72 Å². The predicted molar refractivity (Wildman–Crippen MR) is 63.2 cm³/mol. The highest BCUT2D eigenvalue weighted by Crippen LogP contribution is 2.36. The zero-order valence-electron chi connectivity index (χ0n) is 8.92. The van der Waals surface area contributed by atoms with Gasteiger partial charge in [-0.2, -0.15) is 0 Å². The quantitative estimate of drug-likeness (QED) is 0.599. The SMILES string of the molecule is O=[N+]([O-])c1cc(S(=O)(=O)NCC(O)C(F)F)sc1Cl. The molecule has 0 amide bonds. The summed E-state index contributed by atoms with van der Waals surface area (Å²) in [6, 6.07) is 0.712. The van der Waals surface area contributed by atoms with Crippen molar-refractivity contribution >= 4 is 38.6 Å². The fourth-order valence-electron chi connectivity index (χ4n) is 0.951. The van der Waals surface area contributed by atoms with Crippen LogP contribution in [0.1, 0.15) is 0 Å². The van der Waals surface area contributed by atoms with Gasteiger partial charge in [-0.25, -0.2) is 21.9 Å². The molecule has 1 aromatic rings. The fourth-order valence-corrected chi connectivity index (χ4v) is 3.71. The average molecular weight is 337 g/mol. The van der Waals surface area contributed by atoms with Crippen molar-refractivity contribution in [3.63, 3.8) is 0 Å². The number of hydrogen-bond acceptors (Lipinski definition) is 6. The summed E-state index contributed by atoms with van der Waals surface area (Å²) in [6.07, 6.45) is -5.27. The first-order chi connectivity index (χ1) is 8.65. The van der Waals surface area contributed by atoms with E-state index in [2.05, 4.69) is 0 Å². The van der Waals surface area contributed by atoms with Crippen LogP contribution in [0.5, 0.6) is 0 Å². The van der Waals surface area contributed by atoms with Gasteiger partial charge in [0.2, 0.25) is 10.0 Å². The molecule has 1 unspecified atom stereocenters. The van der Waals surface area contributed by atoms with Crippen LogP contribution >= 0.6 is 22.9 Å². The Morgan fingerprint density at radius 2 is 2.16 bits per heavy atom. The van der Waals surface area contributed by atoms with E-state index in [1.807, 2.05) is 0 Å². The Morgan fingerprint density at radius 1 is 1.58 bits per heavy atom. The zero-order valence-corrected chi connectivity index (χ0v) is 11.3. The number of nitrogens with zero attached hydrogens (tertiary/aromatic N) is 1. The molecule has 108 valence electrons. The third-order valence-corrected chi connectivity index (χ3v) is 5.12. The van der Waals surface area contributed by atoms with E-state index in [0.29, 0.717) is 17.4 Å². The molecule has 0 bridgehead atoms. The monoisotopic (exact) mass is 336 g/mol. The van der Waals surface area contributed by atoms with Gasteiger partial charge < -0.3 is 5.11 Å². The lowest BCUT2D eigenvalue weighted by atomic mass is 10.4. The molecule has 1 rings (SSSR count). The number of nitrogens with one attached hydrogen (secondary N) is 1. The molecule has 0 aliphatic heterocycles. The number of alkyl halides is 2. The van der Waals surface area contributed by atoms with E-state index in [1.165, 1.54) is 0 Å². The molecule has 0 spiro atoms. The van der Waals surface area contributed by atoms with Gasteiger partial charge in [0.15, 0.2) is 4.34 Å². The Hall–Kier alpha value is -0.880. The van der Waals surface area contributed by atoms with Gasteiger partial charge in [0.05, 0.1) is 4.92 Å². The lowest BCUT2D eigenvalue weighted by molar-refractivity contribution is -0.384. The Bertz CT molecular complexity index is 576. The second-order valence-corrected chi connectivity index (χ2v) is 6.88. The van der Waals surface area contributed by atoms with Crippen LogP contribution in [0.25, 0.3) is 0 Å². The number of hydrogen-bond donors (Lipinski definition) is 2. The summed E-state index contributed by atoms with van der Waals surface area (Å²) in [5.41, 5.74) is -0.596. The maximum Gasteiger partial charge on any atom is 0.300 e. The van der Waals surface area contributed by atoms with Crippen molar-refractivity contribution in [1.29, 1.82) is 0 Å². The van der Waals surface area contributed by atoms with E-state index in [4.69, 9.17) is 16.7 Å². The highest BCUT2D eigenvalue weighted by Gasteiger charge is 2.27. The number of halogens is 3. The van der Waals surface area contributed by atoms with Crippen LogP contribution in [-0.4, -0.2) is 37.5 Å². The number of sulfonamides is 1. The fraction of sp³-hybridized carbons (Fsp3) is 0.429. The molecule has 0 aromatic carbocycles. The molecule has 1 atom stereocenters. The van der Waals surface area contributed by atoms with E-state index in [0.717, 1.165) is 0 Å². The van der Waals surface area contributed by atoms with E-state index in [-0.39, 0.29) is 4.34 Å². The summed E-state index contributed by atoms with van der Waals surface area (Å²) in [5, 5.41) is 19.3. The van der Waals surface area contributed by atoms with E-state index in [9.17, 15) is 27.3 Å². The third kappa shape index (κ3) is 4.04. The Morgan fingerprint density at radius 3 is 2.58 bits per heavy atom. The van der Waals surface area contributed by atoms with Gasteiger partial charge in [-0.1, -0.05) is 11.6 Å². The van der Waals surface area contributed by atoms with Crippen molar-refractivity contribution in [2.24, 2.45) is 0 Å². The molecule has 12 heteroatoms. The van der Waals surface area contributed by atoms with Crippen LogP contribution in [0.2, 0.25) is 4.34 Å². The highest BCUT2D eigenvalue weighted by molar-refractivity contribution is 7.91. The first-order valence-electron chi connectivity index (χ1n) is 4.54. The number of thiophene rings is 1. The van der Waals surface area contributed by atoms with Crippen LogP contribution < -0.4 is 4.72 Å². The summed E-state index contributed by atoms with van der Waals surface area (Å²) in [5.74, 6) is 0. The van der Waals surface area contributed by atoms with Gasteiger partial charge in [-0.05, 0) is 0 Å². The first-order valence-corrected chi connectivity index (χ1v) is 7.22. The van der Waals surface area contributed by atoms with Crippen LogP contribution in [0.4, 0.5) is 14.5 Å². The summed E-state index contributed by atoms with van der Waals surface area (Å²) in [6.45, 7) is -0.913. The number of aliphatic hydroxyl groups excluding tert-OH is 1. The lowest BCUT2D eigenvalue weighted by Crippen LogP contribution is -2.35. The molecule has 1 heterocycles. The molecular formula is C7H7ClF2N2O5S2. The summed E-state index contributed by atoms with van der Waals surface area (Å²) >= 11 is 5.89. The largest absolute Gasteiger partial charge is 0.386 e. The smallest absolute Gasteiger partial charge is 0.300 e. The van der Waals surface area contributed by atoms with Crippen LogP contribution in [0, 0.1) is 10.1 Å². The normalized spacial score (nSPS) is 13.7. The number of rotatable bonds is 6. The average Bonchev–Trinajstić information content (AvgIpc) is 2.69. The summed E-state index contributed by atoms with van der Waals surface area (Å²) in [4.78, 5) is 9.62. The molecule has 0 saturated heterocycles. The number of nitro groups is 1. The maximum absolute atomic E-state index is 12.0. The maximum atomic E-state index is 12.0. The Kier molecular flexibility index (Phi) is 5.15. The van der Waals surface area contributed by atoms with E-state index in [1.54, 1.807) is 4.72 Å². The van der Waals surface area contributed by atoms with E-state index >= 15 is 0 Å². The van der Waals surface area contributed by atoms with Crippen molar-refractivity contribution in [3.8, 4) is 0 Å². The molecule has 0 aliphatic carbocycles. The van der Waals surface area contributed by atoms with Crippen molar-refractivity contribution in [2.75, 3.05) is 6.54 Å². The molecule has 0 aliphatic rings. The Balaban J connectivity index is 2.89. The third-order valence-electron chi connectivity index (χ3n) is 1.88. The molecule has 0 fully saturated rings. The predicted octanol–water partition coefficient (Wildman–Crippen LogP) is 1.21. The van der Waals surface area contributed by atoms with Gasteiger partial charge in [-0.15, -0.1) is 11.3 Å². The molecule has 2 N–H and O–H groups in total. The molecule has 0 saturated carbocycles. The van der Waals surface area contributed by atoms with Crippen LogP contribution in [0.3, 0.4) is 0 Å². The number of aliphatic hydroxyl groups is 1. The first kappa shape index (κ1) is 16.2. The van der Waals surface area contributed by atoms with Crippen molar-refractivity contribution < 1.29 is 27.2 Å². The van der Waals surface area contributed by atoms with Gasteiger partial charge in [0, 0.05) is 12.6 Å². The van der Waals surface area contributed by atoms with Gasteiger partial charge >= 0.3 is 0 Å². The highest BCUT2D eigenvalue weighted by atomic mass is 35.5. The standard InChI is InChI=1S/C7H7ClF2N2O5S2/c8-6-3(12(14)15)1-5(18-6)19(16,17)11-2-4(13)7(9)10/h1,4,7,11,13H,2H2. The Labute approximate surface area is 115 Å². The van der Waals surface area contributed by atoms with Gasteiger partial charge in [-0.3, -0.25) is 10.1 Å². The summed E-state index contributed by atoms with van der Waals surface area (Å²) in [7, 11) is -4.24. The molecule has 7 nitrogen and oxygen atoms in total. The molecule has 1 aromatic heterocycles. The molecule has 0 radical (unpaired) electrons. The van der Waals surface area contributed by atoms with Crippen molar-refractivity contribution in [2.45, 2.75) is 16.7 Å². The molecule has 19 heavy (non-hydrogen) atoms. The summed E-state index contributed by atoms with van der Waals surface area (Å²) < 4.78 is 48.1. The topological polar surface area (TPSA) is 110 Å². The van der Waals surface area contributed by atoms with Crippen LogP contribution in [-0.2, 0) is 10.0 Å². The van der Waals surface area contributed by atoms with E-state index < -0.39 is 43.9 Å². The molecular weight excluding hydrogens is 330 g/mol. The minimum absolute atomic E-state index is 0.347. The van der Waals surface area contributed by atoms with Crippen molar-refractivity contribution in [3.05, 3.63) is 20.5 Å². The zero-order chi connectivity index (χ0) is 14.8. The minimum Gasteiger partial charge on any atom is -0.386 e. The van der Waals surface area contributed by atoms with Gasteiger partial charge in [0.1, 0.15) is 10.3 Å². The second-order valence-electron chi connectivity index (χ2n) is 3.24. The lowest BCUT2D eigenvalue weighted by Gasteiger charge is -2.09. The van der Waals surface area contributed by atoms with Crippen LogP contribution in [0.15, 0.2) is 10.3 Å².